The molecule has 1 aliphatic heterocycles. The number of rotatable bonds is 4. The van der Waals surface area contributed by atoms with Gasteiger partial charge in [-0.05, 0) is 38.4 Å². The van der Waals surface area contributed by atoms with Crippen LogP contribution >= 0.6 is 23.2 Å². The van der Waals surface area contributed by atoms with Crippen molar-refractivity contribution in [1.29, 1.82) is 0 Å². The lowest BCUT2D eigenvalue weighted by Gasteiger charge is -2.29. The van der Waals surface area contributed by atoms with Crippen molar-refractivity contribution in [3.8, 4) is 0 Å². The number of piperidine rings is 1. The molecule has 112 valence electrons. The standard InChI is InChI=1S/C12H17Cl2N3O2S/c1-17-4-2-3-9(8-17)6-16-20(18,19)10-5-11(13)12(14)15-7-10/h5,7,9,16H,2-4,6,8H2,1H3. The van der Waals surface area contributed by atoms with Gasteiger partial charge < -0.3 is 4.90 Å². The quantitative estimate of drug-likeness (QED) is 0.853. The van der Waals surface area contributed by atoms with Crippen LogP contribution in [-0.2, 0) is 10.0 Å². The Kier molecular flexibility index (Phi) is 5.25. The summed E-state index contributed by atoms with van der Waals surface area (Å²) < 4.78 is 26.9. The highest BCUT2D eigenvalue weighted by atomic mass is 35.5. The molecule has 0 radical (unpaired) electrons. The third-order valence-electron chi connectivity index (χ3n) is 3.37. The van der Waals surface area contributed by atoms with Crippen molar-refractivity contribution < 1.29 is 8.42 Å². The first kappa shape index (κ1) is 16.0. The molecule has 1 unspecified atom stereocenters. The molecule has 1 N–H and O–H groups in total. The van der Waals surface area contributed by atoms with Crippen LogP contribution in [0.3, 0.4) is 0 Å². The number of sulfonamides is 1. The third-order valence-corrected chi connectivity index (χ3v) is 5.44. The van der Waals surface area contributed by atoms with Crippen molar-refractivity contribution in [3.05, 3.63) is 22.4 Å². The second-order valence-electron chi connectivity index (χ2n) is 5.07. The molecule has 1 aliphatic rings. The summed E-state index contributed by atoms with van der Waals surface area (Å²) in [6.45, 7) is 2.40. The SMILES string of the molecule is CN1CCCC(CNS(=O)(=O)c2cnc(Cl)c(Cl)c2)C1. The van der Waals surface area contributed by atoms with Crippen molar-refractivity contribution in [2.45, 2.75) is 17.7 Å². The Balaban J connectivity index is 2.01. The van der Waals surface area contributed by atoms with E-state index in [4.69, 9.17) is 23.2 Å². The summed E-state index contributed by atoms with van der Waals surface area (Å²) in [4.78, 5) is 6.01. The van der Waals surface area contributed by atoms with E-state index >= 15 is 0 Å². The summed E-state index contributed by atoms with van der Waals surface area (Å²) in [5, 5.41) is 0.228. The fourth-order valence-electron chi connectivity index (χ4n) is 2.30. The van der Waals surface area contributed by atoms with Crippen LogP contribution < -0.4 is 4.72 Å². The fourth-order valence-corrected chi connectivity index (χ4v) is 3.72. The Labute approximate surface area is 129 Å². The summed E-state index contributed by atoms with van der Waals surface area (Å²) in [5.41, 5.74) is 0. The zero-order valence-electron chi connectivity index (χ0n) is 11.1. The molecular formula is C12H17Cl2N3O2S. The molecule has 1 atom stereocenters. The predicted octanol–water partition coefficient (Wildman–Crippen LogP) is 2.01. The van der Waals surface area contributed by atoms with E-state index in [1.54, 1.807) is 0 Å². The van der Waals surface area contributed by atoms with Gasteiger partial charge in [0, 0.05) is 19.3 Å². The number of likely N-dealkylation sites (tertiary alicyclic amines) is 1. The summed E-state index contributed by atoms with van der Waals surface area (Å²) in [7, 11) is -1.55. The maximum Gasteiger partial charge on any atom is 0.242 e. The number of nitrogens with one attached hydrogen (secondary N) is 1. The number of hydrogen-bond donors (Lipinski definition) is 1. The summed E-state index contributed by atoms with van der Waals surface area (Å²) in [6.07, 6.45) is 3.34. The second kappa shape index (κ2) is 6.58. The van der Waals surface area contributed by atoms with E-state index < -0.39 is 10.0 Å². The number of pyridine rings is 1. The molecule has 0 aromatic carbocycles. The smallest absolute Gasteiger partial charge is 0.242 e. The van der Waals surface area contributed by atoms with Gasteiger partial charge in [0.25, 0.3) is 0 Å². The fraction of sp³-hybridized carbons (Fsp3) is 0.583. The molecule has 5 nitrogen and oxygen atoms in total. The van der Waals surface area contributed by atoms with Gasteiger partial charge in [0.05, 0.1) is 5.02 Å². The van der Waals surface area contributed by atoms with Gasteiger partial charge in [-0.1, -0.05) is 23.2 Å². The lowest BCUT2D eigenvalue weighted by Crippen LogP contribution is -2.39. The predicted molar refractivity (Wildman–Crippen MR) is 79.7 cm³/mol. The molecule has 1 aromatic heterocycles. The van der Waals surface area contributed by atoms with E-state index in [0.717, 1.165) is 25.9 Å². The molecule has 1 aromatic rings. The highest BCUT2D eigenvalue weighted by Crippen LogP contribution is 2.22. The van der Waals surface area contributed by atoms with Gasteiger partial charge >= 0.3 is 0 Å². The van der Waals surface area contributed by atoms with Gasteiger partial charge in [-0.15, -0.1) is 0 Å². The van der Waals surface area contributed by atoms with Crippen LogP contribution in [0.1, 0.15) is 12.8 Å². The van der Waals surface area contributed by atoms with Gasteiger partial charge in [-0.25, -0.2) is 18.1 Å². The number of hydrogen-bond acceptors (Lipinski definition) is 4. The van der Waals surface area contributed by atoms with E-state index in [-0.39, 0.29) is 15.1 Å². The molecule has 1 fully saturated rings. The lowest BCUT2D eigenvalue weighted by atomic mass is 9.99. The van der Waals surface area contributed by atoms with Crippen molar-refractivity contribution in [2.75, 3.05) is 26.7 Å². The topological polar surface area (TPSA) is 62.3 Å². The molecule has 2 rings (SSSR count). The van der Waals surface area contributed by atoms with Crippen molar-refractivity contribution in [3.63, 3.8) is 0 Å². The first-order valence-electron chi connectivity index (χ1n) is 6.38. The molecular weight excluding hydrogens is 321 g/mol. The van der Waals surface area contributed by atoms with Crippen LogP contribution in [0, 0.1) is 5.92 Å². The van der Waals surface area contributed by atoms with E-state index in [2.05, 4.69) is 14.6 Å². The van der Waals surface area contributed by atoms with Crippen molar-refractivity contribution >= 4 is 33.2 Å². The molecule has 0 bridgehead atoms. The summed E-state index contributed by atoms with van der Waals surface area (Å²) in [6, 6.07) is 1.31. The minimum absolute atomic E-state index is 0.0380. The van der Waals surface area contributed by atoms with Crippen LogP contribution in [0.15, 0.2) is 17.2 Å². The largest absolute Gasteiger partial charge is 0.306 e. The Morgan fingerprint density at radius 2 is 2.25 bits per heavy atom. The highest BCUT2D eigenvalue weighted by Gasteiger charge is 2.21. The molecule has 0 aliphatic carbocycles. The average Bonchev–Trinajstić information content (AvgIpc) is 2.40. The van der Waals surface area contributed by atoms with Crippen LogP contribution in [0.2, 0.25) is 10.2 Å². The maximum atomic E-state index is 12.2. The van der Waals surface area contributed by atoms with Gasteiger partial charge in [-0.3, -0.25) is 0 Å². The maximum absolute atomic E-state index is 12.2. The van der Waals surface area contributed by atoms with Gasteiger partial charge in [-0.2, -0.15) is 0 Å². The van der Waals surface area contributed by atoms with Crippen LogP contribution in [-0.4, -0.2) is 45.0 Å². The summed E-state index contributed by atoms with van der Waals surface area (Å²) in [5.74, 6) is 0.333. The van der Waals surface area contributed by atoms with Crippen LogP contribution in [0.25, 0.3) is 0 Å². The molecule has 1 saturated heterocycles. The van der Waals surface area contributed by atoms with Crippen molar-refractivity contribution in [2.24, 2.45) is 5.92 Å². The van der Waals surface area contributed by atoms with Crippen LogP contribution in [0.4, 0.5) is 0 Å². The van der Waals surface area contributed by atoms with Gasteiger partial charge in [0.1, 0.15) is 10.0 Å². The van der Waals surface area contributed by atoms with Crippen molar-refractivity contribution in [1.82, 2.24) is 14.6 Å². The zero-order chi connectivity index (χ0) is 14.8. The first-order valence-corrected chi connectivity index (χ1v) is 8.61. The third kappa shape index (κ3) is 4.05. The molecule has 0 amide bonds. The minimum atomic E-state index is -3.59. The molecule has 2 heterocycles. The van der Waals surface area contributed by atoms with Gasteiger partial charge in [0.2, 0.25) is 10.0 Å². The van der Waals surface area contributed by atoms with E-state index in [1.807, 2.05) is 7.05 Å². The molecule has 0 spiro atoms. The average molecular weight is 338 g/mol. The monoisotopic (exact) mass is 337 g/mol. The molecule has 20 heavy (non-hydrogen) atoms. The Bertz CT molecular complexity index is 580. The number of halogens is 2. The second-order valence-corrected chi connectivity index (χ2v) is 7.60. The zero-order valence-corrected chi connectivity index (χ0v) is 13.5. The molecule has 8 heteroatoms. The summed E-state index contributed by atoms with van der Waals surface area (Å²) >= 11 is 11.5. The first-order chi connectivity index (χ1) is 9.38. The Morgan fingerprint density at radius 1 is 1.50 bits per heavy atom. The van der Waals surface area contributed by atoms with E-state index in [1.165, 1.54) is 12.3 Å². The number of aromatic nitrogens is 1. The molecule has 0 saturated carbocycles. The number of nitrogens with zero attached hydrogens (tertiary/aromatic N) is 2. The Morgan fingerprint density at radius 3 is 2.90 bits per heavy atom. The highest BCUT2D eigenvalue weighted by molar-refractivity contribution is 7.89. The van der Waals surface area contributed by atoms with Gasteiger partial charge in [0.15, 0.2) is 0 Å². The minimum Gasteiger partial charge on any atom is -0.306 e. The van der Waals surface area contributed by atoms with E-state index in [9.17, 15) is 8.42 Å². The Hall–Kier alpha value is -0.400. The van der Waals surface area contributed by atoms with Crippen LogP contribution in [0.5, 0.6) is 0 Å². The lowest BCUT2D eigenvalue weighted by molar-refractivity contribution is 0.211. The normalized spacial score (nSPS) is 21.1. The van der Waals surface area contributed by atoms with E-state index in [0.29, 0.717) is 12.5 Å².